The number of thiazole rings is 1. The molecule has 0 saturated heterocycles. The van der Waals surface area contributed by atoms with Crippen LogP contribution in [0.5, 0.6) is 0 Å². The van der Waals surface area contributed by atoms with E-state index in [4.69, 9.17) is 4.42 Å². The third-order valence-corrected chi connectivity index (χ3v) is 4.63. The molecule has 3 rings (SSSR count). The summed E-state index contributed by atoms with van der Waals surface area (Å²) in [6.45, 7) is -0.0563. The largest absolute Gasteiger partial charge is 0.467 e. The summed E-state index contributed by atoms with van der Waals surface area (Å²) in [6.07, 6.45) is -1.59. The zero-order valence-electron chi connectivity index (χ0n) is 13.7. The van der Waals surface area contributed by atoms with Crippen molar-refractivity contribution < 1.29 is 22.4 Å². The molecule has 0 aliphatic heterocycles. The third kappa shape index (κ3) is 4.29. The van der Waals surface area contributed by atoms with E-state index in [2.05, 4.69) is 9.97 Å². The van der Waals surface area contributed by atoms with E-state index < -0.39 is 18.6 Å². The molecule has 0 saturated carbocycles. The molecule has 0 atom stereocenters. The molecule has 0 unspecified atom stereocenters. The van der Waals surface area contributed by atoms with Crippen LogP contribution >= 0.6 is 11.3 Å². The molecule has 0 aromatic carbocycles. The van der Waals surface area contributed by atoms with Crippen molar-refractivity contribution >= 4 is 17.2 Å². The summed E-state index contributed by atoms with van der Waals surface area (Å²) in [5, 5.41) is 0.483. The van der Waals surface area contributed by atoms with E-state index in [0.29, 0.717) is 21.3 Å². The van der Waals surface area contributed by atoms with Crippen molar-refractivity contribution in [2.45, 2.75) is 19.6 Å². The van der Waals surface area contributed by atoms with Crippen LogP contribution in [0.15, 0.2) is 47.2 Å². The molecule has 26 heavy (non-hydrogen) atoms. The van der Waals surface area contributed by atoms with Gasteiger partial charge in [-0.3, -0.25) is 9.78 Å². The molecule has 3 aromatic heterocycles. The fraction of sp³-hybridized carbons (Fsp3) is 0.235. The Kier molecular flexibility index (Phi) is 5.08. The number of amides is 1. The molecule has 0 aliphatic carbocycles. The highest BCUT2D eigenvalue weighted by atomic mass is 32.1. The van der Waals surface area contributed by atoms with Gasteiger partial charge in [-0.05, 0) is 31.2 Å². The maximum absolute atomic E-state index is 12.9. The number of pyridine rings is 1. The van der Waals surface area contributed by atoms with Crippen LogP contribution in [-0.4, -0.2) is 33.5 Å². The summed E-state index contributed by atoms with van der Waals surface area (Å²) in [7, 11) is 0. The number of alkyl halides is 3. The van der Waals surface area contributed by atoms with E-state index in [0.717, 1.165) is 11.3 Å². The second kappa shape index (κ2) is 7.28. The van der Waals surface area contributed by atoms with E-state index in [1.165, 1.54) is 12.3 Å². The number of furan rings is 1. The van der Waals surface area contributed by atoms with Gasteiger partial charge in [-0.1, -0.05) is 6.07 Å². The van der Waals surface area contributed by atoms with Gasteiger partial charge in [0.15, 0.2) is 0 Å². The van der Waals surface area contributed by atoms with E-state index in [1.807, 2.05) is 0 Å². The summed E-state index contributed by atoms with van der Waals surface area (Å²) in [4.78, 5) is 22.1. The van der Waals surface area contributed by atoms with Crippen molar-refractivity contribution in [2.24, 2.45) is 0 Å². The lowest BCUT2D eigenvalue weighted by molar-refractivity contribution is -0.142. The molecule has 5 nitrogen and oxygen atoms in total. The predicted molar refractivity (Wildman–Crippen MR) is 89.6 cm³/mol. The minimum Gasteiger partial charge on any atom is -0.467 e. The summed E-state index contributed by atoms with van der Waals surface area (Å²) < 4.78 is 43.9. The van der Waals surface area contributed by atoms with Gasteiger partial charge in [-0.25, -0.2) is 4.98 Å². The van der Waals surface area contributed by atoms with Gasteiger partial charge < -0.3 is 9.32 Å². The van der Waals surface area contributed by atoms with Crippen molar-refractivity contribution in [2.75, 3.05) is 6.54 Å². The Morgan fingerprint density at radius 3 is 2.69 bits per heavy atom. The summed E-state index contributed by atoms with van der Waals surface area (Å²) >= 11 is 1.02. The van der Waals surface area contributed by atoms with Gasteiger partial charge in [-0.2, -0.15) is 13.2 Å². The molecule has 0 fully saturated rings. The number of carbonyl (C=O) groups excluding carboxylic acids is 1. The quantitative estimate of drug-likeness (QED) is 0.661. The average molecular weight is 381 g/mol. The van der Waals surface area contributed by atoms with Crippen LogP contribution < -0.4 is 0 Å². The normalized spacial score (nSPS) is 11.5. The molecule has 0 radical (unpaired) electrons. The molecule has 0 N–H and O–H groups in total. The van der Waals surface area contributed by atoms with Crippen molar-refractivity contribution in [1.82, 2.24) is 14.9 Å². The molecular formula is C17H14F3N3O2S. The Labute approximate surface area is 151 Å². The van der Waals surface area contributed by atoms with Gasteiger partial charge in [-0.15, -0.1) is 11.3 Å². The van der Waals surface area contributed by atoms with Crippen molar-refractivity contribution in [3.05, 3.63) is 59.1 Å². The highest BCUT2D eigenvalue weighted by molar-refractivity contribution is 7.17. The first-order valence-electron chi connectivity index (χ1n) is 7.61. The minimum atomic E-state index is -4.52. The van der Waals surface area contributed by atoms with Crippen LogP contribution in [0, 0.1) is 6.92 Å². The molecule has 136 valence electrons. The maximum atomic E-state index is 12.9. The molecule has 3 aromatic rings. The molecule has 0 bridgehead atoms. The number of aromatic nitrogens is 2. The highest BCUT2D eigenvalue weighted by Gasteiger charge is 2.35. The second-order valence-electron chi connectivity index (χ2n) is 5.50. The summed E-state index contributed by atoms with van der Waals surface area (Å²) in [5.41, 5.74) is 0.931. The van der Waals surface area contributed by atoms with Crippen LogP contribution in [0.2, 0.25) is 0 Å². The van der Waals surface area contributed by atoms with Gasteiger partial charge in [0.25, 0.3) is 5.91 Å². The van der Waals surface area contributed by atoms with E-state index >= 15 is 0 Å². The van der Waals surface area contributed by atoms with Gasteiger partial charge in [0, 0.05) is 6.20 Å². The number of rotatable bonds is 5. The van der Waals surface area contributed by atoms with Crippen LogP contribution in [0.3, 0.4) is 0 Å². The predicted octanol–water partition coefficient (Wildman–Crippen LogP) is 4.31. The zero-order valence-corrected chi connectivity index (χ0v) is 14.5. The second-order valence-corrected chi connectivity index (χ2v) is 6.50. The standard InChI is InChI=1S/C17H14F3N3O2S/c1-11-14(26-15(22-11)13-6-2-3-7-21-13)16(24)23(10-17(18,19)20)9-12-5-4-8-25-12/h2-8H,9-10H2,1H3. The number of nitrogens with zero attached hydrogens (tertiary/aromatic N) is 3. The van der Waals surface area contributed by atoms with Crippen LogP contribution in [0.1, 0.15) is 21.1 Å². The minimum absolute atomic E-state index is 0.154. The zero-order chi connectivity index (χ0) is 18.7. The smallest absolute Gasteiger partial charge is 0.406 e. The first kappa shape index (κ1) is 18.1. The number of hydrogen-bond acceptors (Lipinski definition) is 5. The third-order valence-electron chi connectivity index (χ3n) is 3.46. The lowest BCUT2D eigenvalue weighted by Crippen LogP contribution is -2.38. The monoisotopic (exact) mass is 381 g/mol. The Morgan fingerprint density at radius 2 is 2.08 bits per heavy atom. The van der Waals surface area contributed by atoms with Gasteiger partial charge in [0.2, 0.25) is 0 Å². The van der Waals surface area contributed by atoms with Crippen molar-refractivity contribution in [1.29, 1.82) is 0 Å². The Hall–Kier alpha value is -2.68. The van der Waals surface area contributed by atoms with E-state index in [-0.39, 0.29) is 17.2 Å². The molecular weight excluding hydrogens is 367 g/mol. The number of carbonyl (C=O) groups is 1. The van der Waals surface area contributed by atoms with Gasteiger partial charge in [0.05, 0.1) is 24.2 Å². The van der Waals surface area contributed by atoms with Gasteiger partial charge in [0.1, 0.15) is 22.2 Å². The lowest BCUT2D eigenvalue weighted by atomic mass is 10.3. The molecule has 3 heterocycles. The highest BCUT2D eigenvalue weighted by Crippen LogP contribution is 2.29. The number of halogens is 3. The number of hydrogen-bond donors (Lipinski definition) is 0. The molecule has 9 heteroatoms. The fourth-order valence-corrected chi connectivity index (χ4v) is 3.35. The van der Waals surface area contributed by atoms with Crippen LogP contribution in [0.4, 0.5) is 13.2 Å². The lowest BCUT2D eigenvalue weighted by Gasteiger charge is -2.22. The average Bonchev–Trinajstić information content (AvgIpc) is 3.23. The van der Waals surface area contributed by atoms with E-state index in [1.54, 1.807) is 37.4 Å². The Balaban J connectivity index is 1.90. The number of aryl methyl sites for hydroxylation is 1. The van der Waals surface area contributed by atoms with Crippen LogP contribution in [0.25, 0.3) is 10.7 Å². The van der Waals surface area contributed by atoms with Crippen molar-refractivity contribution in [3.8, 4) is 10.7 Å². The van der Waals surface area contributed by atoms with Gasteiger partial charge >= 0.3 is 6.18 Å². The Bertz CT molecular complexity index is 877. The fourth-order valence-electron chi connectivity index (χ4n) is 2.34. The Morgan fingerprint density at radius 1 is 1.27 bits per heavy atom. The first-order valence-corrected chi connectivity index (χ1v) is 8.42. The topological polar surface area (TPSA) is 59.2 Å². The summed E-state index contributed by atoms with van der Waals surface area (Å²) in [5.74, 6) is -0.467. The molecule has 0 spiro atoms. The van der Waals surface area contributed by atoms with E-state index in [9.17, 15) is 18.0 Å². The SMILES string of the molecule is Cc1nc(-c2ccccn2)sc1C(=O)N(Cc1ccco1)CC(F)(F)F. The molecule has 1 amide bonds. The van der Waals surface area contributed by atoms with Crippen molar-refractivity contribution in [3.63, 3.8) is 0 Å². The maximum Gasteiger partial charge on any atom is 0.406 e. The van der Waals surface area contributed by atoms with Crippen LogP contribution in [-0.2, 0) is 6.54 Å². The first-order chi connectivity index (χ1) is 12.3. The molecule has 0 aliphatic rings. The summed E-state index contributed by atoms with van der Waals surface area (Å²) in [6, 6.07) is 8.32.